The van der Waals surface area contributed by atoms with Crippen molar-refractivity contribution in [2.24, 2.45) is 5.92 Å². The van der Waals surface area contributed by atoms with Gasteiger partial charge in [0.25, 0.3) is 0 Å². The van der Waals surface area contributed by atoms with Gasteiger partial charge in [0.2, 0.25) is 5.91 Å². The number of rotatable bonds is 9. The minimum atomic E-state index is -0.0948. The Hall–Kier alpha value is -2.45. The Kier molecular flexibility index (Phi) is 8.77. The molecule has 5 rings (SSSR count). The predicted octanol–water partition coefficient (Wildman–Crippen LogP) is 4.18. The van der Waals surface area contributed by atoms with Crippen molar-refractivity contribution in [1.82, 2.24) is 25.2 Å². The molecule has 3 aliphatic rings. The molecule has 1 aromatic heterocycles. The number of hydrogen-bond acceptors (Lipinski definition) is 6. The van der Waals surface area contributed by atoms with E-state index in [4.69, 9.17) is 4.74 Å². The SMILES string of the molecule is C[C@H](C(=O)NC1CCCCC1)[C@@H]1CC[C@H](C[C@@H](C)n2cc(CN3CCN(c4ccccc4)CC3)nn2)O1. The summed E-state index contributed by atoms with van der Waals surface area (Å²) in [5.41, 5.74) is 2.33. The van der Waals surface area contributed by atoms with Crippen LogP contribution in [0.2, 0.25) is 0 Å². The quantitative estimate of drug-likeness (QED) is 0.548. The highest BCUT2D eigenvalue weighted by Gasteiger charge is 2.34. The Labute approximate surface area is 221 Å². The normalized spacial score (nSPS) is 25.2. The first-order valence-corrected chi connectivity index (χ1v) is 14.4. The van der Waals surface area contributed by atoms with Crippen LogP contribution in [-0.4, -0.2) is 70.2 Å². The van der Waals surface area contributed by atoms with Crippen LogP contribution in [0.3, 0.4) is 0 Å². The van der Waals surface area contributed by atoms with Gasteiger partial charge in [-0.2, -0.15) is 0 Å². The lowest BCUT2D eigenvalue weighted by Crippen LogP contribution is -2.46. The molecule has 2 saturated heterocycles. The molecule has 1 N–H and O–H groups in total. The molecule has 1 aliphatic carbocycles. The van der Waals surface area contributed by atoms with Crippen molar-refractivity contribution >= 4 is 11.6 Å². The van der Waals surface area contributed by atoms with E-state index in [0.29, 0.717) is 6.04 Å². The minimum absolute atomic E-state index is 0.0154. The van der Waals surface area contributed by atoms with Crippen LogP contribution in [0.4, 0.5) is 5.69 Å². The number of carbonyl (C=O) groups excluding carboxylic acids is 1. The molecule has 37 heavy (non-hydrogen) atoms. The molecule has 1 aromatic carbocycles. The van der Waals surface area contributed by atoms with Crippen LogP contribution in [0.1, 0.15) is 76.9 Å². The van der Waals surface area contributed by atoms with Crippen molar-refractivity contribution in [3.63, 3.8) is 0 Å². The topological polar surface area (TPSA) is 75.5 Å². The van der Waals surface area contributed by atoms with E-state index < -0.39 is 0 Å². The van der Waals surface area contributed by atoms with E-state index in [-0.39, 0.29) is 30.1 Å². The van der Waals surface area contributed by atoms with Gasteiger partial charge in [-0.05, 0) is 51.2 Å². The van der Waals surface area contributed by atoms with E-state index >= 15 is 0 Å². The molecular weight excluding hydrogens is 464 g/mol. The average Bonchev–Trinajstić information content (AvgIpc) is 3.60. The fourth-order valence-corrected chi connectivity index (χ4v) is 6.14. The number of nitrogens with one attached hydrogen (secondary N) is 1. The number of carbonyl (C=O) groups is 1. The van der Waals surface area contributed by atoms with Crippen LogP contribution in [0.25, 0.3) is 0 Å². The lowest BCUT2D eigenvalue weighted by molar-refractivity contribution is -0.130. The first-order valence-electron chi connectivity index (χ1n) is 14.4. The van der Waals surface area contributed by atoms with Gasteiger partial charge in [-0.3, -0.25) is 9.69 Å². The molecule has 0 radical (unpaired) electrons. The van der Waals surface area contributed by atoms with E-state index in [1.807, 2.05) is 11.6 Å². The molecule has 4 atom stereocenters. The highest BCUT2D eigenvalue weighted by atomic mass is 16.5. The highest BCUT2D eigenvalue weighted by molar-refractivity contribution is 5.79. The number of anilines is 1. The molecule has 0 spiro atoms. The zero-order chi connectivity index (χ0) is 25.6. The summed E-state index contributed by atoms with van der Waals surface area (Å²) in [5.74, 6) is 0.0682. The summed E-state index contributed by atoms with van der Waals surface area (Å²) in [5, 5.41) is 12.2. The first kappa shape index (κ1) is 26.2. The number of para-hydroxylation sites is 1. The van der Waals surface area contributed by atoms with Gasteiger partial charge in [0.05, 0.1) is 36.1 Å². The monoisotopic (exact) mass is 508 g/mol. The molecule has 0 unspecified atom stereocenters. The number of hydrogen-bond donors (Lipinski definition) is 1. The van der Waals surface area contributed by atoms with Crippen LogP contribution in [0.15, 0.2) is 36.5 Å². The minimum Gasteiger partial charge on any atom is -0.374 e. The fourth-order valence-electron chi connectivity index (χ4n) is 6.14. The molecule has 1 saturated carbocycles. The van der Waals surface area contributed by atoms with Gasteiger partial charge in [-0.1, -0.05) is 49.6 Å². The Morgan fingerprint density at radius 1 is 1.03 bits per heavy atom. The van der Waals surface area contributed by atoms with Crippen molar-refractivity contribution < 1.29 is 9.53 Å². The first-order chi connectivity index (χ1) is 18.0. The Balaban J connectivity index is 1.04. The van der Waals surface area contributed by atoms with Gasteiger partial charge in [-0.15, -0.1) is 5.10 Å². The average molecular weight is 509 g/mol. The lowest BCUT2D eigenvalue weighted by Gasteiger charge is -2.35. The maximum Gasteiger partial charge on any atom is 0.225 e. The second-order valence-electron chi connectivity index (χ2n) is 11.4. The number of ether oxygens (including phenoxy) is 1. The second kappa shape index (κ2) is 12.4. The number of piperazine rings is 1. The molecule has 8 nitrogen and oxygen atoms in total. The third kappa shape index (κ3) is 6.90. The molecule has 3 heterocycles. The van der Waals surface area contributed by atoms with Gasteiger partial charge in [-0.25, -0.2) is 4.68 Å². The van der Waals surface area contributed by atoms with E-state index in [1.165, 1.54) is 24.9 Å². The lowest BCUT2D eigenvalue weighted by atomic mass is 9.94. The van der Waals surface area contributed by atoms with E-state index in [1.54, 1.807) is 0 Å². The zero-order valence-corrected chi connectivity index (χ0v) is 22.6. The summed E-state index contributed by atoms with van der Waals surface area (Å²) < 4.78 is 8.36. The molecule has 3 fully saturated rings. The van der Waals surface area contributed by atoms with Gasteiger partial charge >= 0.3 is 0 Å². The number of aromatic nitrogens is 3. The van der Waals surface area contributed by atoms with Crippen molar-refractivity contribution in [1.29, 1.82) is 0 Å². The molecule has 2 aromatic rings. The van der Waals surface area contributed by atoms with Gasteiger partial charge in [0, 0.05) is 44.5 Å². The Bertz CT molecular complexity index is 983. The van der Waals surface area contributed by atoms with E-state index in [0.717, 1.165) is 70.5 Å². The molecule has 202 valence electrons. The Morgan fingerprint density at radius 2 is 1.78 bits per heavy atom. The molecule has 1 amide bonds. The van der Waals surface area contributed by atoms with Crippen LogP contribution in [-0.2, 0) is 16.1 Å². The van der Waals surface area contributed by atoms with E-state index in [9.17, 15) is 4.79 Å². The largest absolute Gasteiger partial charge is 0.374 e. The second-order valence-corrected chi connectivity index (χ2v) is 11.4. The van der Waals surface area contributed by atoms with Gasteiger partial charge < -0.3 is 15.0 Å². The van der Waals surface area contributed by atoms with Crippen molar-refractivity contribution in [2.45, 2.75) is 96.1 Å². The fraction of sp³-hybridized carbons (Fsp3) is 0.690. The van der Waals surface area contributed by atoms with Crippen LogP contribution >= 0.6 is 0 Å². The van der Waals surface area contributed by atoms with Gasteiger partial charge in [0.15, 0.2) is 0 Å². The molecular formula is C29H44N6O2. The number of amides is 1. The molecule has 2 aliphatic heterocycles. The van der Waals surface area contributed by atoms with Crippen molar-refractivity contribution in [2.75, 3.05) is 31.1 Å². The maximum atomic E-state index is 12.8. The van der Waals surface area contributed by atoms with E-state index in [2.05, 4.69) is 68.9 Å². The smallest absolute Gasteiger partial charge is 0.225 e. The third-order valence-electron chi connectivity index (χ3n) is 8.56. The third-order valence-corrected chi connectivity index (χ3v) is 8.56. The predicted molar refractivity (Wildman–Crippen MR) is 145 cm³/mol. The van der Waals surface area contributed by atoms with Crippen LogP contribution < -0.4 is 10.2 Å². The zero-order valence-electron chi connectivity index (χ0n) is 22.6. The molecule has 0 bridgehead atoms. The standard InChI is InChI=1S/C29H44N6O2/c1-22(19-27-13-14-28(37-27)23(2)29(36)30-24-9-5-3-6-10-24)35-21-25(31-32-35)20-33-15-17-34(18-16-33)26-11-7-4-8-12-26/h4,7-8,11-12,21-24,27-28H,3,5-6,9-10,13-20H2,1-2H3,(H,30,36)/t22-,23+,27-,28+/m1/s1. The van der Waals surface area contributed by atoms with Gasteiger partial charge in [0.1, 0.15) is 0 Å². The van der Waals surface area contributed by atoms with Crippen LogP contribution in [0, 0.1) is 5.92 Å². The maximum absolute atomic E-state index is 12.8. The van der Waals surface area contributed by atoms with Crippen molar-refractivity contribution in [3.05, 3.63) is 42.2 Å². The molecule has 8 heteroatoms. The summed E-state index contributed by atoms with van der Waals surface area (Å²) >= 11 is 0. The summed E-state index contributed by atoms with van der Waals surface area (Å²) in [6, 6.07) is 11.2. The summed E-state index contributed by atoms with van der Waals surface area (Å²) in [4.78, 5) is 17.7. The Morgan fingerprint density at radius 3 is 2.54 bits per heavy atom. The summed E-state index contributed by atoms with van der Waals surface area (Å²) in [7, 11) is 0. The summed E-state index contributed by atoms with van der Waals surface area (Å²) in [6.45, 7) is 9.18. The summed E-state index contributed by atoms with van der Waals surface area (Å²) in [6.07, 6.45) is 11.1. The van der Waals surface area contributed by atoms with Crippen molar-refractivity contribution in [3.8, 4) is 0 Å². The van der Waals surface area contributed by atoms with Crippen LogP contribution in [0.5, 0.6) is 0 Å². The number of nitrogens with zero attached hydrogens (tertiary/aromatic N) is 5. The number of benzene rings is 1. The highest BCUT2D eigenvalue weighted by Crippen LogP contribution is 2.31.